The summed E-state index contributed by atoms with van der Waals surface area (Å²) >= 11 is 0. The average Bonchev–Trinajstić information content (AvgIpc) is 1.69. The summed E-state index contributed by atoms with van der Waals surface area (Å²) < 4.78 is 4.35. The highest BCUT2D eigenvalue weighted by atomic mass is 16.5. The summed E-state index contributed by atoms with van der Waals surface area (Å²) in [5.74, 6) is -0.331. The van der Waals surface area contributed by atoms with E-state index >= 15 is 0 Å². The van der Waals surface area contributed by atoms with Crippen LogP contribution in [0.25, 0.3) is 0 Å². The summed E-state index contributed by atoms with van der Waals surface area (Å²) in [5.41, 5.74) is 2.13. The SMILES string of the molecule is O=C1[CH]OC=NN1. The topological polar surface area (TPSA) is 50.7 Å². The molecule has 37 valence electrons. The fourth-order valence-electron chi connectivity index (χ4n) is 0.239. The van der Waals surface area contributed by atoms with Crippen LogP contribution in [-0.2, 0) is 9.53 Å². The summed E-state index contributed by atoms with van der Waals surface area (Å²) in [6.07, 6.45) is 1.14. The van der Waals surface area contributed by atoms with Crippen molar-refractivity contribution in [1.29, 1.82) is 0 Å². The fourth-order valence-corrected chi connectivity index (χ4v) is 0.239. The van der Waals surface area contributed by atoms with Gasteiger partial charge in [-0.05, 0) is 0 Å². The molecule has 0 aromatic carbocycles. The minimum Gasteiger partial charge on any atom is -0.464 e. The predicted molar refractivity (Wildman–Crippen MR) is 22.0 cm³/mol. The average molecular weight is 99.1 g/mol. The van der Waals surface area contributed by atoms with Crippen molar-refractivity contribution in [2.24, 2.45) is 5.10 Å². The third-order valence-corrected chi connectivity index (χ3v) is 0.463. The van der Waals surface area contributed by atoms with Gasteiger partial charge in [0.1, 0.15) is 0 Å². The number of nitrogens with one attached hydrogen (secondary N) is 1. The van der Waals surface area contributed by atoms with E-state index in [1.54, 1.807) is 0 Å². The van der Waals surface area contributed by atoms with Crippen LogP contribution >= 0.6 is 0 Å². The lowest BCUT2D eigenvalue weighted by molar-refractivity contribution is -0.120. The van der Waals surface area contributed by atoms with E-state index in [4.69, 9.17) is 0 Å². The number of carbonyl (C=O) groups is 1. The van der Waals surface area contributed by atoms with Crippen LogP contribution in [0.4, 0.5) is 0 Å². The Balaban J connectivity index is 2.47. The number of carbonyl (C=O) groups excluding carboxylic acids is 1. The molecule has 1 radical (unpaired) electrons. The lowest BCUT2D eigenvalue weighted by Gasteiger charge is -2.01. The van der Waals surface area contributed by atoms with Crippen LogP contribution in [0.15, 0.2) is 5.10 Å². The van der Waals surface area contributed by atoms with Crippen LogP contribution in [0, 0.1) is 6.61 Å². The number of rotatable bonds is 0. The number of nitrogens with zero attached hydrogens (tertiary/aromatic N) is 1. The van der Waals surface area contributed by atoms with Crippen molar-refractivity contribution in [3.63, 3.8) is 0 Å². The number of hydrogen-bond donors (Lipinski definition) is 1. The van der Waals surface area contributed by atoms with E-state index in [0.717, 1.165) is 13.0 Å². The number of hydrazone groups is 1. The first-order chi connectivity index (χ1) is 3.39. The van der Waals surface area contributed by atoms with E-state index in [-0.39, 0.29) is 5.91 Å². The summed E-state index contributed by atoms with van der Waals surface area (Å²) in [5, 5.41) is 3.28. The highest BCUT2D eigenvalue weighted by Gasteiger charge is 2.02. The Hall–Kier alpha value is -1.06. The first-order valence-corrected chi connectivity index (χ1v) is 1.70. The smallest absolute Gasteiger partial charge is 0.285 e. The molecule has 0 saturated heterocycles. The molecule has 0 aromatic heterocycles. The van der Waals surface area contributed by atoms with Gasteiger partial charge < -0.3 is 4.74 Å². The van der Waals surface area contributed by atoms with E-state index in [1.807, 2.05) is 0 Å². The quantitative estimate of drug-likeness (QED) is 0.434. The lowest BCUT2D eigenvalue weighted by atomic mass is 10.7. The second-order valence-electron chi connectivity index (χ2n) is 0.964. The van der Waals surface area contributed by atoms with Crippen molar-refractivity contribution >= 4 is 12.3 Å². The van der Waals surface area contributed by atoms with Gasteiger partial charge in [0.2, 0.25) is 6.61 Å². The molecule has 0 fully saturated rings. The molecule has 1 aliphatic rings. The third kappa shape index (κ3) is 0.887. The molecule has 1 amide bonds. The molecule has 7 heavy (non-hydrogen) atoms. The molecule has 0 unspecified atom stereocenters. The van der Waals surface area contributed by atoms with Gasteiger partial charge >= 0.3 is 0 Å². The number of hydrogen-bond acceptors (Lipinski definition) is 3. The maximum Gasteiger partial charge on any atom is 0.285 e. The standard InChI is InChI=1S/C3H3N2O2/c6-3-1-7-2-4-5-3/h1-2H,(H,5,6). The van der Waals surface area contributed by atoms with Crippen molar-refractivity contribution in [3.8, 4) is 0 Å². The first-order valence-electron chi connectivity index (χ1n) is 1.70. The summed E-state index contributed by atoms with van der Waals surface area (Å²) in [6.45, 7) is 1.03. The van der Waals surface area contributed by atoms with Crippen molar-refractivity contribution in [2.45, 2.75) is 0 Å². The van der Waals surface area contributed by atoms with Crippen molar-refractivity contribution < 1.29 is 9.53 Å². The third-order valence-electron chi connectivity index (χ3n) is 0.463. The molecule has 1 rings (SSSR count). The van der Waals surface area contributed by atoms with Crippen LogP contribution in [0.2, 0.25) is 0 Å². The fraction of sp³-hybridized carbons (Fsp3) is 0. The zero-order chi connectivity index (χ0) is 5.11. The van der Waals surface area contributed by atoms with Crippen molar-refractivity contribution in [1.82, 2.24) is 5.43 Å². The maximum absolute atomic E-state index is 10.1. The molecule has 4 heteroatoms. The van der Waals surface area contributed by atoms with Gasteiger partial charge in [0.15, 0.2) is 6.40 Å². The molecule has 0 bridgehead atoms. The number of amides is 1. The summed E-state index contributed by atoms with van der Waals surface area (Å²) in [7, 11) is 0. The molecular weight excluding hydrogens is 96.0 g/mol. The van der Waals surface area contributed by atoms with Crippen molar-refractivity contribution in [2.75, 3.05) is 0 Å². The molecular formula is C3H3N2O2. The highest BCUT2D eigenvalue weighted by molar-refractivity contribution is 5.85. The van der Waals surface area contributed by atoms with Crippen LogP contribution < -0.4 is 5.43 Å². The second-order valence-corrected chi connectivity index (χ2v) is 0.964. The van der Waals surface area contributed by atoms with Gasteiger partial charge in [0, 0.05) is 0 Å². The summed E-state index contributed by atoms with van der Waals surface area (Å²) in [6, 6.07) is 0. The zero-order valence-corrected chi connectivity index (χ0v) is 3.42. The molecule has 0 aliphatic carbocycles. The normalized spacial score (nSPS) is 18.0. The predicted octanol–water partition coefficient (Wildman–Crippen LogP) is -0.762. The molecule has 1 heterocycles. The van der Waals surface area contributed by atoms with Gasteiger partial charge in [0.05, 0.1) is 0 Å². The molecule has 1 N–H and O–H groups in total. The van der Waals surface area contributed by atoms with Crippen molar-refractivity contribution in [3.05, 3.63) is 6.61 Å². The molecule has 4 nitrogen and oxygen atoms in total. The van der Waals surface area contributed by atoms with E-state index in [2.05, 4.69) is 15.3 Å². The van der Waals surface area contributed by atoms with E-state index in [0.29, 0.717) is 0 Å². The molecule has 0 aromatic rings. The van der Waals surface area contributed by atoms with Crippen LogP contribution in [0.5, 0.6) is 0 Å². The highest BCUT2D eigenvalue weighted by Crippen LogP contribution is 1.82. The Morgan fingerprint density at radius 1 is 1.86 bits per heavy atom. The van der Waals surface area contributed by atoms with Gasteiger partial charge in [0.25, 0.3) is 5.91 Å². The molecule has 0 atom stereocenters. The molecule has 1 aliphatic heterocycles. The van der Waals surface area contributed by atoms with E-state index in [9.17, 15) is 4.79 Å². The Kier molecular flexibility index (Phi) is 0.934. The largest absolute Gasteiger partial charge is 0.464 e. The van der Waals surface area contributed by atoms with Crippen LogP contribution in [0.1, 0.15) is 0 Å². The van der Waals surface area contributed by atoms with Gasteiger partial charge in [-0.2, -0.15) is 0 Å². The van der Waals surface area contributed by atoms with Gasteiger partial charge in [-0.1, -0.05) is 0 Å². The minimum absolute atomic E-state index is 0.331. The molecule has 0 saturated carbocycles. The first kappa shape index (κ1) is 4.11. The van der Waals surface area contributed by atoms with Crippen LogP contribution in [-0.4, -0.2) is 12.3 Å². The second kappa shape index (κ2) is 1.59. The zero-order valence-electron chi connectivity index (χ0n) is 3.42. The summed E-state index contributed by atoms with van der Waals surface area (Å²) in [4.78, 5) is 10.1. The van der Waals surface area contributed by atoms with E-state index < -0.39 is 0 Å². The number of ether oxygens (including phenoxy) is 1. The Morgan fingerprint density at radius 3 is 3.00 bits per heavy atom. The van der Waals surface area contributed by atoms with Gasteiger partial charge in [-0.15, -0.1) is 5.10 Å². The monoisotopic (exact) mass is 99.0 g/mol. The maximum atomic E-state index is 10.1. The Morgan fingerprint density at radius 2 is 2.71 bits per heavy atom. The minimum atomic E-state index is -0.331. The Labute approximate surface area is 40.2 Å². The van der Waals surface area contributed by atoms with Gasteiger partial charge in [-0.25, -0.2) is 5.43 Å². The van der Waals surface area contributed by atoms with Crippen LogP contribution in [0.3, 0.4) is 0 Å². The van der Waals surface area contributed by atoms with Gasteiger partial charge in [-0.3, -0.25) is 4.79 Å². The molecule has 0 spiro atoms. The Bertz CT molecular complexity index is 110. The van der Waals surface area contributed by atoms with E-state index in [1.165, 1.54) is 0 Å². The lowest BCUT2D eigenvalue weighted by Crippen LogP contribution is -2.22.